The zero-order valence-electron chi connectivity index (χ0n) is 12.7. The molecule has 1 aromatic carbocycles. The molecule has 0 saturated heterocycles. The van der Waals surface area contributed by atoms with E-state index in [1.165, 1.54) is 30.6 Å². The second-order valence-corrected chi connectivity index (χ2v) is 6.78. The minimum absolute atomic E-state index is 0.00324. The van der Waals surface area contributed by atoms with Crippen molar-refractivity contribution in [3.05, 3.63) is 12.1 Å². The standard InChI is InChI=1S/C13H19N3O5S/c1-14-4-5-16(2)22(18,19)12-7-10-9(6-11(12)20-3)15-13(17)8-21-10/h6-7,14H,4-5,8H2,1-3H3,(H,15,17). The summed E-state index contributed by atoms with van der Waals surface area (Å²) in [6.07, 6.45) is 0. The molecule has 0 atom stereocenters. The van der Waals surface area contributed by atoms with Crippen LogP contribution in [-0.2, 0) is 14.8 Å². The van der Waals surface area contributed by atoms with Gasteiger partial charge in [0.2, 0.25) is 10.0 Å². The van der Waals surface area contributed by atoms with E-state index in [1.807, 2.05) is 0 Å². The molecule has 0 fully saturated rings. The largest absolute Gasteiger partial charge is 0.495 e. The van der Waals surface area contributed by atoms with Crippen molar-refractivity contribution in [2.45, 2.75) is 4.90 Å². The number of hydrogen-bond donors (Lipinski definition) is 2. The van der Waals surface area contributed by atoms with Crippen LogP contribution in [0.25, 0.3) is 0 Å². The number of benzene rings is 1. The molecule has 0 bridgehead atoms. The lowest BCUT2D eigenvalue weighted by atomic mass is 10.2. The monoisotopic (exact) mass is 329 g/mol. The Labute approximate surface area is 129 Å². The van der Waals surface area contributed by atoms with Gasteiger partial charge in [-0.05, 0) is 7.05 Å². The molecule has 0 saturated carbocycles. The number of likely N-dealkylation sites (N-methyl/N-ethyl adjacent to an activating group) is 2. The van der Waals surface area contributed by atoms with Crippen LogP contribution >= 0.6 is 0 Å². The fourth-order valence-corrected chi connectivity index (χ4v) is 3.33. The topological polar surface area (TPSA) is 97.0 Å². The summed E-state index contributed by atoms with van der Waals surface area (Å²) in [6.45, 7) is 0.695. The van der Waals surface area contributed by atoms with Crippen LogP contribution in [0.3, 0.4) is 0 Å². The lowest BCUT2D eigenvalue weighted by Gasteiger charge is -2.23. The number of sulfonamides is 1. The molecule has 0 aliphatic carbocycles. The average molecular weight is 329 g/mol. The molecule has 1 heterocycles. The number of carbonyl (C=O) groups excluding carboxylic acids is 1. The number of nitrogens with zero attached hydrogens (tertiary/aromatic N) is 1. The lowest BCUT2D eigenvalue weighted by Crippen LogP contribution is -2.33. The molecule has 1 aliphatic heterocycles. The van der Waals surface area contributed by atoms with Crippen LogP contribution in [0.15, 0.2) is 17.0 Å². The Bertz CT molecular complexity index is 674. The number of ether oxygens (including phenoxy) is 2. The van der Waals surface area contributed by atoms with Crippen LogP contribution in [0.2, 0.25) is 0 Å². The second-order valence-electron chi connectivity index (χ2n) is 4.77. The zero-order valence-corrected chi connectivity index (χ0v) is 13.5. The predicted octanol–water partition coefficient (Wildman–Crippen LogP) is -0.134. The number of methoxy groups -OCH3 is 1. The molecular weight excluding hydrogens is 310 g/mol. The molecule has 9 heteroatoms. The maximum absolute atomic E-state index is 12.6. The van der Waals surface area contributed by atoms with Gasteiger partial charge in [0.1, 0.15) is 16.4 Å². The quantitative estimate of drug-likeness (QED) is 0.754. The molecule has 22 heavy (non-hydrogen) atoms. The van der Waals surface area contributed by atoms with E-state index in [9.17, 15) is 13.2 Å². The van der Waals surface area contributed by atoms with Crippen molar-refractivity contribution in [2.24, 2.45) is 0 Å². The lowest BCUT2D eigenvalue weighted by molar-refractivity contribution is -0.118. The fraction of sp³-hybridized carbons (Fsp3) is 0.462. The highest BCUT2D eigenvalue weighted by atomic mass is 32.2. The molecule has 1 amide bonds. The van der Waals surface area contributed by atoms with Gasteiger partial charge in [0.05, 0.1) is 12.8 Å². The summed E-state index contributed by atoms with van der Waals surface area (Å²) in [5, 5.41) is 5.51. The van der Waals surface area contributed by atoms with Gasteiger partial charge < -0.3 is 20.1 Å². The minimum Gasteiger partial charge on any atom is -0.495 e. The van der Waals surface area contributed by atoms with Crippen molar-refractivity contribution < 1.29 is 22.7 Å². The highest BCUT2D eigenvalue weighted by Crippen LogP contribution is 2.38. The highest BCUT2D eigenvalue weighted by Gasteiger charge is 2.28. The van der Waals surface area contributed by atoms with Crippen molar-refractivity contribution in [1.29, 1.82) is 0 Å². The summed E-state index contributed by atoms with van der Waals surface area (Å²) in [5.41, 5.74) is 0.393. The summed E-state index contributed by atoms with van der Waals surface area (Å²) >= 11 is 0. The van der Waals surface area contributed by atoms with Crippen molar-refractivity contribution in [2.75, 3.05) is 46.2 Å². The van der Waals surface area contributed by atoms with Crippen molar-refractivity contribution in [3.63, 3.8) is 0 Å². The van der Waals surface area contributed by atoms with E-state index >= 15 is 0 Å². The van der Waals surface area contributed by atoms with Gasteiger partial charge >= 0.3 is 0 Å². The van der Waals surface area contributed by atoms with E-state index in [1.54, 1.807) is 7.05 Å². The van der Waals surface area contributed by atoms with Crippen molar-refractivity contribution in [3.8, 4) is 11.5 Å². The Hall–Kier alpha value is -1.84. The summed E-state index contributed by atoms with van der Waals surface area (Å²) in [6, 6.07) is 2.82. The van der Waals surface area contributed by atoms with E-state index in [4.69, 9.17) is 9.47 Å². The highest BCUT2D eigenvalue weighted by molar-refractivity contribution is 7.89. The van der Waals surface area contributed by atoms with Crippen LogP contribution in [0, 0.1) is 0 Å². The van der Waals surface area contributed by atoms with Crippen LogP contribution in [0.5, 0.6) is 11.5 Å². The molecule has 0 spiro atoms. The van der Waals surface area contributed by atoms with Gasteiger partial charge in [-0.1, -0.05) is 0 Å². The van der Waals surface area contributed by atoms with Gasteiger partial charge in [-0.2, -0.15) is 4.31 Å². The number of rotatable bonds is 6. The first-order valence-corrected chi connectivity index (χ1v) is 8.09. The first kappa shape index (κ1) is 16.5. The molecule has 1 aromatic rings. The molecule has 0 radical (unpaired) electrons. The molecule has 0 aromatic heterocycles. The molecule has 0 unspecified atom stereocenters. The maximum atomic E-state index is 12.6. The van der Waals surface area contributed by atoms with Crippen molar-refractivity contribution in [1.82, 2.24) is 9.62 Å². The van der Waals surface area contributed by atoms with E-state index in [2.05, 4.69) is 10.6 Å². The van der Waals surface area contributed by atoms with Gasteiger partial charge in [-0.3, -0.25) is 4.79 Å². The van der Waals surface area contributed by atoms with E-state index in [0.717, 1.165) is 0 Å². The molecule has 122 valence electrons. The third kappa shape index (κ3) is 3.16. The number of carbonyl (C=O) groups is 1. The number of hydrogen-bond acceptors (Lipinski definition) is 6. The van der Waals surface area contributed by atoms with E-state index in [-0.39, 0.29) is 23.2 Å². The van der Waals surface area contributed by atoms with Gasteiger partial charge in [-0.15, -0.1) is 0 Å². The minimum atomic E-state index is -3.73. The Morgan fingerprint density at radius 1 is 1.45 bits per heavy atom. The Balaban J connectivity index is 2.44. The number of nitrogens with one attached hydrogen (secondary N) is 2. The van der Waals surface area contributed by atoms with Crippen LogP contribution < -0.4 is 20.1 Å². The van der Waals surface area contributed by atoms with E-state index < -0.39 is 10.0 Å². The second kappa shape index (κ2) is 6.51. The molecule has 1 aliphatic rings. The van der Waals surface area contributed by atoms with Gasteiger partial charge in [0.25, 0.3) is 5.91 Å². The average Bonchev–Trinajstić information content (AvgIpc) is 2.50. The molecule has 2 rings (SSSR count). The van der Waals surface area contributed by atoms with Gasteiger partial charge in [-0.25, -0.2) is 8.42 Å². The van der Waals surface area contributed by atoms with Crippen molar-refractivity contribution >= 4 is 21.6 Å². The molecular formula is C13H19N3O5S. The number of amides is 1. The van der Waals surface area contributed by atoms with Crippen LogP contribution in [0.1, 0.15) is 0 Å². The number of anilines is 1. The Kier molecular flexibility index (Phi) is 4.89. The SMILES string of the molecule is CNCCN(C)S(=O)(=O)c1cc2c(cc1OC)NC(=O)CO2. The summed E-state index contributed by atoms with van der Waals surface area (Å²) < 4.78 is 36.9. The number of fused-ring (bicyclic) bond motifs is 1. The normalized spacial score (nSPS) is 14.3. The Morgan fingerprint density at radius 3 is 2.82 bits per heavy atom. The predicted molar refractivity (Wildman–Crippen MR) is 80.9 cm³/mol. The third-order valence-corrected chi connectivity index (χ3v) is 5.14. The molecule has 2 N–H and O–H groups in total. The van der Waals surface area contributed by atoms with Gasteiger partial charge in [0, 0.05) is 32.3 Å². The maximum Gasteiger partial charge on any atom is 0.262 e. The first-order valence-electron chi connectivity index (χ1n) is 6.65. The fourth-order valence-electron chi connectivity index (χ4n) is 2.01. The first-order chi connectivity index (χ1) is 10.4. The summed E-state index contributed by atoms with van der Waals surface area (Å²) in [7, 11) is 0.890. The third-order valence-electron chi connectivity index (χ3n) is 3.26. The van der Waals surface area contributed by atoms with Crippen LogP contribution in [-0.4, -0.2) is 59.5 Å². The van der Waals surface area contributed by atoms with Crippen LogP contribution in [0.4, 0.5) is 5.69 Å². The Morgan fingerprint density at radius 2 is 2.18 bits per heavy atom. The zero-order chi connectivity index (χ0) is 16.3. The summed E-state index contributed by atoms with van der Waals surface area (Å²) in [4.78, 5) is 11.3. The molecule has 8 nitrogen and oxygen atoms in total. The van der Waals surface area contributed by atoms with E-state index in [0.29, 0.717) is 24.5 Å². The van der Waals surface area contributed by atoms with Gasteiger partial charge in [0.15, 0.2) is 6.61 Å². The smallest absolute Gasteiger partial charge is 0.262 e. The summed E-state index contributed by atoms with van der Waals surface area (Å²) in [5.74, 6) is 0.165.